The molecule has 1 aromatic heterocycles. The lowest BCUT2D eigenvalue weighted by Crippen LogP contribution is -2.39. The summed E-state index contributed by atoms with van der Waals surface area (Å²) in [5.74, 6) is 0.844. The Morgan fingerprint density at radius 3 is 2.71 bits per heavy atom. The third-order valence-corrected chi connectivity index (χ3v) is 3.61. The zero-order valence-corrected chi connectivity index (χ0v) is 15.7. The number of halogens is 3. The molecule has 0 aliphatic heterocycles. The van der Waals surface area contributed by atoms with E-state index in [0.29, 0.717) is 19.0 Å². The number of nitrogens with one attached hydrogen (secondary N) is 2. The monoisotopic (exact) mass is 396 g/mol. The van der Waals surface area contributed by atoms with E-state index in [4.69, 9.17) is 9.47 Å². The predicted molar refractivity (Wildman–Crippen MR) is 101 cm³/mol. The van der Waals surface area contributed by atoms with Crippen LogP contribution in [0.2, 0.25) is 0 Å². The van der Waals surface area contributed by atoms with Crippen LogP contribution < -0.4 is 20.1 Å². The summed E-state index contributed by atoms with van der Waals surface area (Å²) in [6, 6.07) is 9.70. The smallest absolute Gasteiger partial charge is 0.421 e. The predicted octanol–water partition coefficient (Wildman–Crippen LogP) is 3.24. The third kappa shape index (κ3) is 6.64. The first-order chi connectivity index (χ1) is 13.4. The standard InChI is InChI=1S/C19H23F3N4O2/c1-3-23-18(26-13-14-6-4-7-15(12-14)27-2)25-10-11-28-17-16(19(20,21)22)8-5-9-24-17/h4-9,12H,3,10-11,13H2,1-2H3,(H2,23,25,26). The Balaban J connectivity index is 1.90. The van der Waals surface area contributed by atoms with Crippen molar-refractivity contribution in [2.75, 3.05) is 26.8 Å². The number of guanidine groups is 1. The summed E-state index contributed by atoms with van der Waals surface area (Å²) in [5, 5.41) is 6.09. The molecule has 2 N–H and O–H groups in total. The summed E-state index contributed by atoms with van der Waals surface area (Å²) in [6.07, 6.45) is -3.25. The Bertz CT molecular complexity index is 782. The summed E-state index contributed by atoms with van der Waals surface area (Å²) >= 11 is 0. The molecule has 2 rings (SSSR count). The molecule has 1 aromatic carbocycles. The maximum atomic E-state index is 12.9. The fourth-order valence-electron chi connectivity index (χ4n) is 2.32. The van der Waals surface area contributed by atoms with Crippen LogP contribution in [-0.4, -0.2) is 37.7 Å². The summed E-state index contributed by atoms with van der Waals surface area (Å²) in [6.45, 7) is 3.25. The molecule has 1 heterocycles. The lowest BCUT2D eigenvalue weighted by Gasteiger charge is -2.14. The maximum Gasteiger partial charge on any atom is 0.421 e. The van der Waals surface area contributed by atoms with Gasteiger partial charge in [-0.2, -0.15) is 13.2 Å². The molecule has 152 valence electrons. The number of rotatable bonds is 8. The summed E-state index contributed by atoms with van der Waals surface area (Å²) < 4.78 is 49.2. The van der Waals surface area contributed by atoms with Crippen molar-refractivity contribution in [1.29, 1.82) is 0 Å². The molecular weight excluding hydrogens is 373 g/mol. The fourth-order valence-corrected chi connectivity index (χ4v) is 2.32. The van der Waals surface area contributed by atoms with Gasteiger partial charge in [-0.05, 0) is 36.8 Å². The van der Waals surface area contributed by atoms with Crippen LogP contribution in [0.3, 0.4) is 0 Å². The van der Waals surface area contributed by atoms with Crippen LogP contribution in [0.4, 0.5) is 13.2 Å². The third-order valence-electron chi connectivity index (χ3n) is 3.61. The number of aromatic nitrogens is 1. The van der Waals surface area contributed by atoms with Crippen LogP contribution in [0.15, 0.2) is 47.6 Å². The molecule has 9 heteroatoms. The minimum atomic E-state index is -4.51. The summed E-state index contributed by atoms with van der Waals surface area (Å²) in [7, 11) is 1.60. The van der Waals surface area contributed by atoms with Gasteiger partial charge in [-0.25, -0.2) is 9.98 Å². The summed E-state index contributed by atoms with van der Waals surface area (Å²) in [5.41, 5.74) is 0.0738. The first-order valence-corrected chi connectivity index (χ1v) is 8.74. The molecule has 0 fully saturated rings. The molecule has 0 aliphatic rings. The van der Waals surface area contributed by atoms with E-state index in [1.54, 1.807) is 7.11 Å². The van der Waals surface area contributed by atoms with E-state index in [2.05, 4.69) is 20.6 Å². The van der Waals surface area contributed by atoms with E-state index >= 15 is 0 Å². The Labute approximate surface area is 161 Å². The molecule has 2 aromatic rings. The molecule has 0 aliphatic carbocycles. The molecular formula is C19H23F3N4O2. The van der Waals surface area contributed by atoms with Gasteiger partial charge >= 0.3 is 6.18 Å². The van der Waals surface area contributed by atoms with E-state index in [9.17, 15) is 13.2 Å². The van der Waals surface area contributed by atoms with Gasteiger partial charge in [-0.15, -0.1) is 0 Å². The number of alkyl halides is 3. The highest BCUT2D eigenvalue weighted by Crippen LogP contribution is 2.34. The second kappa shape index (κ2) is 10.4. The van der Waals surface area contributed by atoms with Gasteiger partial charge in [0.1, 0.15) is 17.9 Å². The number of methoxy groups -OCH3 is 1. The van der Waals surface area contributed by atoms with E-state index in [-0.39, 0.29) is 13.2 Å². The van der Waals surface area contributed by atoms with Gasteiger partial charge in [-0.1, -0.05) is 12.1 Å². The van der Waals surface area contributed by atoms with E-state index in [0.717, 1.165) is 17.4 Å². The Kier molecular flexibility index (Phi) is 7.91. The zero-order valence-electron chi connectivity index (χ0n) is 15.7. The molecule has 0 bridgehead atoms. The van der Waals surface area contributed by atoms with Crippen LogP contribution in [0, 0.1) is 0 Å². The number of nitrogens with zero attached hydrogens (tertiary/aromatic N) is 2. The van der Waals surface area contributed by atoms with Crippen LogP contribution in [-0.2, 0) is 12.7 Å². The molecule has 6 nitrogen and oxygen atoms in total. The van der Waals surface area contributed by atoms with Crippen molar-refractivity contribution < 1.29 is 22.6 Å². The molecule has 0 atom stereocenters. The first kappa shape index (κ1) is 21.3. The first-order valence-electron chi connectivity index (χ1n) is 8.74. The van der Waals surface area contributed by atoms with Crippen molar-refractivity contribution in [3.63, 3.8) is 0 Å². The highest BCUT2D eigenvalue weighted by molar-refractivity contribution is 5.79. The van der Waals surface area contributed by atoms with Gasteiger partial charge < -0.3 is 20.1 Å². The number of hydrogen-bond donors (Lipinski definition) is 2. The normalized spacial score (nSPS) is 11.8. The number of pyridine rings is 1. The van der Waals surface area contributed by atoms with E-state index in [1.165, 1.54) is 12.3 Å². The minimum Gasteiger partial charge on any atom is -0.497 e. The molecule has 0 saturated heterocycles. The van der Waals surface area contributed by atoms with Crippen molar-refractivity contribution in [3.05, 3.63) is 53.7 Å². The lowest BCUT2D eigenvalue weighted by atomic mass is 10.2. The number of aliphatic imine (C=N–C) groups is 1. The van der Waals surface area contributed by atoms with Crippen molar-refractivity contribution in [2.45, 2.75) is 19.6 Å². The van der Waals surface area contributed by atoms with Crippen LogP contribution >= 0.6 is 0 Å². The van der Waals surface area contributed by atoms with Crippen LogP contribution in [0.25, 0.3) is 0 Å². The quantitative estimate of drug-likeness (QED) is 0.407. The van der Waals surface area contributed by atoms with E-state index < -0.39 is 17.6 Å². The Morgan fingerprint density at radius 2 is 2.00 bits per heavy atom. The second-order valence-corrected chi connectivity index (χ2v) is 5.68. The van der Waals surface area contributed by atoms with Gasteiger partial charge in [0.2, 0.25) is 5.88 Å². The van der Waals surface area contributed by atoms with Crippen LogP contribution in [0.5, 0.6) is 11.6 Å². The van der Waals surface area contributed by atoms with Gasteiger partial charge in [0, 0.05) is 12.7 Å². The average molecular weight is 396 g/mol. The van der Waals surface area contributed by atoms with Gasteiger partial charge in [-0.3, -0.25) is 0 Å². The fraction of sp³-hybridized carbons (Fsp3) is 0.368. The largest absolute Gasteiger partial charge is 0.497 e. The molecule has 0 spiro atoms. The lowest BCUT2D eigenvalue weighted by molar-refractivity contribution is -0.139. The minimum absolute atomic E-state index is 0.00364. The molecule has 0 unspecified atom stereocenters. The zero-order chi connectivity index (χ0) is 20.4. The average Bonchev–Trinajstić information content (AvgIpc) is 2.69. The van der Waals surface area contributed by atoms with Crippen LogP contribution in [0.1, 0.15) is 18.1 Å². The molecule has 28 heavy (non-hydrogen) atoms. The van der Waals surface area contributed by atoms with Gasteiger partial charge in [0.15, 0.2) is 5.96 Å². The van der Waals surface area contributed by atoms with Crippen molar-refractivity contribution in [2.24, 2.45) is 4.99 Å². The highest BCUT2D eigenvalue weighted by Gasteiger charge is 2.34. The number of ether oxygens (including phenoxy) is 2. The number of hydrogen-bond acceptors (Lipinski definition) is 4. The van der Waals surface area contributed by atoms with Gasteiger partial charge in [0.25, 0.3) is 0 Å². The van der Waals surface area contributed by atoms with E-state index in [1.807, 2.05) is 31.2 Å². The topological polar surface area (TPSA) is 67.8 Å². The summed E-state index contributed by atoms with van der Waals surface area (Å²) in [4.78, 5) is 8.11. The van der Waals surface area contributed by atoms with Crippen molar-refractivity contribution in [3.8, 4) is 11.6 Å². The molecule has 0 saturated carbocycles. The van der Waals surface area contributed by atoms with Crippen molar-refractivity contribution in [1.82, 2.24) is 15.6 Å². The maximum absolute atomic E-state index is 12.9. The Hall–Kier alpha value is -2.97. The Morgan fingerprint density at radius 1 is 1.18 bits per heavy atom. The highest BCUT2D eigenvalue weighted by atomic mass is 19.4. The SMILES string of the molecule is CCNC(=NCc1cccc(OC)c1)NCCOc1ncccc1C(F)(F)F. The van der Waals surface area contributed by atoms with Crippen molar-refractivity contribution >= 4 is 5.96 Å². The number of benzene rings is 1. The second-order valence-electron chi connectivity index (χ2n) is 5.68. The molecule has 0 amide bonds. The molecule has 0 radical (unpaired) electrons. The van der Waals surface area contributed by atoms with Gasteiger partial charge in [0.05, 0.1) is 20.2 Å².